The SMILES string of the molecule is CCc1cc2c(=O)c(-c3nncn3-c3ccccc3)coc2cc1OCC(=O)NC(CC(=O)O)C(=O)O. The zero-order chi connectivity index (χ0) is 26.5. The van der Waals surface area contributed by atoms with Crippen molar-refractivity contribution in [2.45, 2.75) is 25.8 Å². The van der Waals surface area contributed by atoms with Crippen LogP contribution in [0.15, 0.2) is 64.3 Å². The van der Waals surface area contributed by atoms with E-state index in [4.69, 9.17) is 19.4 Å². The number of hydrogen-bond acceptors (Lipinski definition) is 8. The van der Waals surface area contributed by atoms with Crippen molar-refractivity contribution in [3.05, 3.63) is 70.8 Å². The Bertz CT molecular complexity index is 1530. The fraction of sp³-hybridized carbons (Fsp3) is 0.200. The summed E-state index contributed by atoms with van der Waals surface area (Å²) in [5.74, 6) is -3.08. The van der Waals surface area contributed by atoms with E-state index >= 15 is 0 Å². The second-order valence-corrected chi connectivity index (χ2v) is 7.99. The zero-order valence-corrected chi connectivity index (χ0v) is 19.6. The first-order chi connectivity index (χ1) is 17.8. The molecule has 2 heterocycles. The molecule has 0 bridgehead atoms. The number of carbonyl (C=O) groups is 3. The maximum Gasteiger partial charge on any atom is 0.326 e. The second-order valence-electron chi connectivity index (χ2n) is 7.99. The molecule has 2 aromatic carbocycles. The van der Waals surface area contributed by atoms with E-state index in [0.29, 0.717) is 17.8 Å². The van der Waals surface area contributed by atoms with Crippen molar-refractivity contribution >= 4 is 28.8 Å². The number of benzene rings is 2. The Kier molecular flexibility index (Phi) is 7.28. The summed E-state index contributed by atoms with van der Waals surface area (Å²) in [6, 6.07) is 10.8. The molecule has 0 fully saturated rings. The monoisotopic (exact) mass is 506 g/mol. The van der Waals surface area contributed by atoms with Crippen LogP contribution in [-0.2, 0) is 20.8 Å². The molecular formula is C25H22N4O8. The summed E-state index contributed by atoms with van der Waals surface area (Å²) in [4.78, 5) is 47.5. The van der Waals surface area contributed by atoms with Gasteiger partial charge in [0, 0.05) is 11.8 Å². The molecule has 3 N–H and O–H groups in total. The van der Waals surface area contributed by atoms with Crippen LogP contribution in [0, 0.1) is 0 Å². The number of para-hydroxylation sites is 1. The van der Waals surface area contributed by atoms with Gasteiger partial charge >= 0.3 is 11.9 Å². The van der Waals surface area contributed by atoms with Crippen LogP contribution in [0.5, 0.6) is 5.75 Å². The first-order valence-electron chi connectivity index (χ1n) is 11.2. The van der Waals surface area contributed by atoms with Crippen LogP contribution in [-0.4, -0.2) is 55.5 Å². The third kappa shape index (κ3) is 5.48. The van der Waals surface area contributed by atoms with Crippen LogP contribution in [0.4, 0.5) is 0 Å². The lowest BCUT2D eigenvalue weighted by atomic mass is 10.1. The Balaban J connectivity index is 1.61. The van der Waals surface area contributed by atoms with Gasteiger partial charge in [-0.2, -0.15) is 0 Å². The normalized spacial score (nSPS) is 11.7. The topological polar surface area (TPSA) is 174 Å². The quantitative estimate of drug-likeness (QED) is 0.289. The first-order valence-corrected chi connectivity index (χ1v) is 11.2. The van der Waals surface area contributed by atoms with Gasteiger partial charge in [-0.3, -0.25) is 19.0 Å². The van der Waals surface area contributed by atoms with E-state index in [0.717, 1.165) is 5.69 Å². The molecule has 0 aliphatic rings. The molecule has 0 spiro atoms. The van der Waals surface area contributed by atoms with Crippen molar-refractivity contribution < 1.29 is 33.8 Å². The number of nitrogens with one attached hydrogen (secondary N) is 1. The summed E-state index contributed by atoms with van der Waals surface area (Å²) in [7, 11) is 0. The summed E-state index contributed by atoms with van der Waals surface area (Å²) in [6.45, 7) is 1.27. The highest BCUT2D eigenvalue weighted by atomic mass is 16.5. The molecule has 0 aliphatic heterocycles. The molecule has 190 valence electrons. The number of hydrogen-bond donors (Lipinski definition) is 3. The van der Waals surface area contributed by atoms with Crippen molar-refractivity contribution in [1.82, 2.24) is 20.1 Å². The highest BCUT2D eigenvalue weighted by molar-refractivity contribution is 5.87. The third-order valence-corrected chi connectivity index (χ3v) is 5.53. The van der Waals surface area contributed by atoms with Crippen molar-refractivity contribution in [2.75, 3.05) is 6.61 Å². The van der Waals surface area contributed by atoms with E-state index < -0.39 is 36.9 Å². The lowest BCUT2D eigenvalue weighted by Crippen LogP contribution is -2.44. The highest BCUT2D eigenvalue weighted by Gasteiger charge is 2.23. The Labute approximate surface area is 209 Å². The average Bonchev–Trinajstić information content (AvgIpc) is 3.37. The number of carboxylic acid groups (broad SMARTS) is 2. The fourth-order valence-corrected chi connectivity index (χ4v) is 3.72. The van der Waals surface area contributed by atoms with Gasteiger partial charge in [0.05, 0.1) is 11.8 Å². The zero-order valence-electron chi connectivity index (χ0n) is 19.6. The minimum absolute atomic E-state index is 0.210. The summed E-state index contributed by atoms with van der Waals surface area (Å²) >= 11 is 0. The molecule has 1 atom stereocenters. The maximum absolute atomic E-state index is 13.4. The smallest absolute Gasteiger partial charge is 0.326 e. The standard InChI is InChI=1S/C25H22N4O8/c1-2-14-8-16-20(10-19(14)37-12-21(30)27-18(25(34)35)9-22(31)32)36-11-17(23(16)33)24-28-26-13-29(24)15-6-4-3-5-7-15/h3-8,10-11,13,18H,2,9,12H2,1H3,(H,27,30)(H,31,32)(H,34,35). The van der Waals surface area contributed by atoms with E-state index in [1.165, 1.54) is 18.7 Å². The van der Waals surface area contributed by atoms with Gasteiger partial charge < -0.3 is 24.7 Å². The lowest BCUT2D eigenvalue weighted by molar-refractivity contribution is -0.147. The molecule has 4 aromatic rings. The number of aliphatic carboxylic acids is 2. The van der Waals surface area contributed by atoms with Crippen LogP contribution in [0.1, 0.15) is 18.9 Å². The molecular weight excluding hydrogens is 484 g/mol. The predicted octanol–water partition coefficient (Wildman–Crippen LogP) is 2.03. The van der Waals surface area contributed by atoms with Crippen LogP contribution in [0.25, 0.3) is 28.0 Å². The molecule has 0 aliphatic carbocycles. The Morgan fingerprint density at radius 1 is 1.16 bits per heavy atom. The molecule has 12 heteroatoms. The van der Waals surface area contributed by atoms with Crippen LogP contribution < -0.4 is 15.5 Å². The molecule has 12 nitrogen and oxygen atoms in total. The molecule has 0 saturated carbocycles. The maximum atomic E-state index is 13.4. The number of carboxylic acids is 2. The van der Waals surface area contributed by atoms with E-state index in [1.54, 1.807) is 10.6 Å². The van der Waals surface area contributed by atoms with Crippen molar-refractivity contribution in [3.8, 4) is 22.8 Å². The Morgan fingerprint density at radius 2 is 1.92 bits per heavy atom. The second kappa shape index (κ2) is 10.7. The Hall–Kier alpha value is -5.00. The van der Waals surface area contributed by atoms with Gasteiger partial charge in [0.25, 0.3) is 5.91 Å². The Morgan fingerprint density at radius 3 is 2.59 bits per heavy atom. The van der Waals surface area contributed by atoms with Gasteiger partial charge in [-0.05, 0) is 30.2 Å². The summed E-state index contributed by atoms with van der Waals surface area (Å²) < 4.78 is 13.0. The molecule has 0 radical (unpaired) electrons. The number of carbonyl (C=O) groups excluding carboxylic acids is 1. The first kappa shape index (κ1) is 25.1. The van der Waals surface area contributed by atoms with Crippen LogP contribution in [0.3, 0.4) is 0 Å². The number of ether oxygens (including phenoxy) is 1. The van der Waals surface area contributed by atoms with Crippen LogP contribution in [0.2, 0.25) is 0 Å². The molecule has 1 unspecified atom stereocenters. The molecule has 4 rings (SSSR count). The van der Waals surface area contributed by atoms with Crippen molar-refractivity contribution in [3.63, 3.8) is 0 Å². The van der Waals surface area contributed by atoms with Gasteiger partial charge in [0.1, 0.15) is 35.5 Å². The average molecular weight is 506 g/mol. The molecule has 2 aromatic heterocycles. The fourth-order valence-electron chi connectivity index (χ4n) is 3.72. The third-order valence-electron chi connectivity index (χ3n) is 5.53. The number of aryl methyl sites for hydroxylation is 1. The molecule has 37 heavy (non-hydrogen) atoms. The van der Waals surface area contributed by atoms with Gasteiger partial charge in [-0.15, -0.1) is 10.2 Å². The predicted molar refractivity (Wildman–Crippen MR) is 130 cm³/mol. The minimum atomic E-state index is -1.59. The molecule has 0 saturated heterocycles. The van der Waals surface area contributed by atoms with Crippen molar-refractivity contribution in [2.24, 2.45) is 0 Å². The van der Waals surface area contributed by atoms with E-state index in [1.807, 2.05) is 37.3 Å². The van der Waals surface area contributed by atoms with Gasteiger partial charge in [0.15, 0.2) is 12.4 Å². The minimum Gasteiger partial charge on any atom is -0.483 e. The number of rotatable bonds is 10. The van der Waals surface area contributed by atoms with Gasteiger partial charge in [-0.1, -0.05) is 25.1 Å². The number of fused-ring (bicyclic) bond motifs is 1. The number of nitrogens with zero attached hydrogens (tertiary/aromatic N) is 3. The van der Waals surface area contributed by atoms with E-state index in [9.17, 15) is 19.2 Å². The number of aromatic nitrogens is 3. The number of amides is 1. The van der Waals surface area contributed by atoms with Crippen LogP contribution >= 0.6 is 0 Å². The van der Waals surface area contributed by atoms with Gasteiger partial charge in [-0.25, -0.2) is 4.79 Å². The summed E-state index contributed by atoms with van der Waals surface area (Å²) in [5.41, 5.74) is 1.47. The highest BCUT2D eigenvalue weighted by Crippen LogP contribution is 2.27. The van der Waals surface area contributed by atoms with E-state index in [2.05, 4.69) is 15.5 Å². The summed E-state index contributed by atoms with van der Waals surface area (Å²) in [6.07, 6.45) is 2.45. The van der Waals surface area contributed by atoms with Gasteiger partial charge in [0.2, 0.25) is 5.43 Å². The van der Waals surface area contributed by atoms with E-state index in [-0.39, 0.29) is 27.7 Å². The largest absolute Gasteiger partial charge is 0.483 e. The lowest BCUT2D eigenvalue weighted by Gasteiger charge is -2.14. The summed E-state index contributed by atoms with van der Waals surface area (Å²) in [5, 5.41) is 28.3. The van der Waals surface area contributed by atoms with Crippen molar-refractivity contribution in [1.29, 1.82) is 0 Å². The molecule has 1 amide bonds.